The van der Waals surface area contributed by atoms with Crippen molar-refractivity contribution in [2.45, 2.75) is 33.3 Å². The number of halogens is 1. The Balaban J connectivity index is 2.03. The van der Waals surface area contributed by atoms with E-state index in [1.54, 1.807) is 0 Å². The van der Waals surface area contributed by atoms with Crippen molar-refractivity contribution in [3.8, 4) is 5.75 Å². The molecule has 3 nitrogen and oxygen atoms in total. The van der Waals surface area contributed by atoms with Gasteiger partial charge in [0.15, 0.2) is 0 Å². The smallest absolute Gasteiger partial charge is 0.255 e. The molecule has 0 aliphatic carbocycles. The molecule has 2 rings (SSSR count). The van der Waals surface area contributed by atoms with Crippen molar-refractivity contribution in [1.29, 1.82) is 0 Å². The molecule has 0 heterocycles. The Morgan fingerprint density at radius 2 is 1.91 bits per heavy atom. The zero-order chi connectivity index (χ0) is 16.1. The van der Waals surface area contributed by atoms with E-state index in [1.807, 2.05) is 56.3 Å². The van der Waals surface area contributed by atoms with Crippen LogP contribution in [0.25, 0.3) is 0 Å². The van der Waals surface area contributed by atoms with Gasteiger partial charge in [-0.3, -0.25) is 4.79 Å². The summed E-state index contributed by atoms with van der Waals surface area (Å²) in [6.45, 7) is 6.10. The first kappa shape index (κ1) is 16.6. The normalized spacial score (nSPS) is 11.8. The van der Waals surface area contributed by atoms with E-state index in [-0.39, 0.29) is 12.0 Å². The number of benzene rings is 2. The first-order valence-corrected chi connectivity index (χ1v) is 8.13. The van der Waals surface area contributed by atoms with Gasteiger partial charge in [-0.05, 0) is 62.2 Å². The number of amides is 1. The predicted molar refractivity (Wildman–Crippen MR) is 93.7 cm³/mol. The SMILES string of the molecule is CCC(C)Oc1ccc(NC(=O)c2ccc(C)c(Br)c2)cc1. The molecule has 1 atom stereocenters. The largest absolute Gasteiger partial charge is 0.491 e. The van der Waals surface area contributed by atoms with E-state index in [2.05, 4.69) is 28.2 Å². The molecule has 0 bridgehead atoms. The molecule has 0 fully saturated rings. The minimum absolute atomic E-state index is 0.128. The lowest BCUT2D eigenvalue weighted by Crippen LogP contribution is -2.12. The Labute approximate surface area is 139 Å². The topological polar surface area (TPSA) is 38.3 Å². The molecule has 0 aliphatic rings. The van der Waals surface area contributed by atoms with Crippen LogP contribution in [0.1, 0.15) is 36.2 Å². The maximum Gasteiger partial charge on any atom is 0.255 e. The van der Waals surface area contributed by atoms with E-state index >= 15 is 0 Å². The van der Waals surface area contributed by atoms with Gasteiger partial charge in [-0.1, -0.05) is 28.9 Å². The number of ether oxygens (including phenoxy) is 1. The van der Waals surface area contributed by atoms with Gasteiger partial charge in [0.05, 0.1) is 6.10 Å². The predicted octanol–water partition coefficient (Wildman–Crippen LogP) is 5.19. The molecule has 0 saturated heterocycles. The summed E-state index contributed by atoms with van der Waals surface area (Å²) in [6, 6.07) is 13.0. The Morgan fingerprint density at radius 1 is 1.23 bits per heavy atom. The Kier molecular flexibility index (Phi) is 5.61. The first-order valence-electron chi connectivity index (χ1n) is 7.34. The average molecular weight is 362 g/mol. The summed E-state index contributed by atoms with van der Waals surface area (Å²) in [5.41, 5.74) is 2.47. The van der Waals surface area contributed by atoms with Gasteiger partial charge in [0.25, 0.3) is 5.91 Å². The van der Waals surface area contributed by atoms with E-state index in [1.165, 1.54) is 0 Å². The first-order chi connectivity index (χ1) is 10.5. The standard InChI is InChI=1S/C18H20BrNO2/c1-4-13(3)22-16-9-7-15(8-10-16)20-18(21)14-6-5-12(2)17(19)11-14/h5-11,13H,4H2,1-3H3,(H,20,21). The molecule has 0 saturated carbocycles. The molecule has 1 N–H and O–H groups in total. The molecule has 0 aromatic heterocycles. The van der Waals surface area contributed by atoms with Crippen LogP contribution >= 0.6 is 15.9 Å². The maximum atomic E-state index is 12.2. The van der Waals surface area contributed by atoms with Crippen molar-refractivity contribution in [3.63, 3.8) is 0 Å². The summed E-state index contributed by atoms with van der Waals surface area (Å²) in [5, 5.41) is 2.88. The highest BCUT2D eigenvalue weighted by molar-refractivity contribution is 9.10. The van der Waals surface area contributed by atoms with Crippen LogP contribution in [0.2, 0.25) is 0 Å². The fourth-order valence-corrected chi connectivity index (χ4v) is 2.25. The number of nitrogens with one attached hydrogen (secondary N) is 1. The number of anilines is 1. The lowest BCUT2D eigenvalue weighted by atomic mass is 10.1. The number of rotatable bonds is 5. The van der Waals surface area contributed by atoms with Gasteiger partial charge >= 0.3 is 0 Å². The summed E-state index contributed by atoms with van der Waals surface area (Å²) >= 11 is 3.44. The van der Waals surface area contributed by atoms with Crippen molar-refractivity contribution in [2.24, 2.45) is 0 Å². The quantitative estimate of drug-likeness (QED) is 0.795. The van der Waals surface area contributed by atoms with E-state index in [9.17, 15) is 4.79 Å². The van der Waals surface area contributed by atoms with Crippen molar-refractivity contribution in [3.05, 3.63) is 58.1 Å². The van der Waals surface area contributed by atoms with Crippen molar-refractivity contribution in [1.82, 2.24) is 0 Å². The van der Waals surface area contributed by atoms with E-state index in [0.717, 1.165) is 27.9 Å². The molecule has 0 spiro atoms. The van der Waals surface area contributed by atoms with Crippen LogP contribution < -0.4 is 10.1 Å². The third-order valence-electron chi connectivity index (χ3n) is 3.46. The number of carbonyl (C=O) groups excluding carboxylic acids is 1. The molecule has 0 radical (unpaired) electrons. The van der Waals surface area contributed by atoms with Crippen molar-refractivity contribution >= 4 is 27.5 Å². The highest BCUT2D eigenvalue weighted by atomic mass is 79.9. The molecule has 2 aromatic carbocycles. The highest BCUT2D eigenvalue weighted by Crippen LogP contribution is 2.20. The third-order valence-corrected chi connectivity index (χ3v) is 4.31. The summed E-state index contributed by atoms with van der Waals surface area (Å²) in [6.07, 6.45) is 1.14. The van der Waals surface area contributed by atoms with Gasteiger partial charge in [-0.25, -0.2) is 0 Å². The van der Waals surface area contributed by atoms with E-state index < -0.39 is 0 Å². The maximum absolute atomic E-state index is 12.2. The molecule has 22 heavy (non-hydrogen) atoms. The number of aryl methyl sites for hydroxylation is 1. The zero-order valence-electron chi connectivity index (χ0n) is 13.0. The van der Waals surface area contributed by atoms with Crippen LogP contribution in [0.4, 0.5) is 5.69 Å². The van der Waals surface area contributed by atoms with Gasteiger partial charge < -0.3 is 10.1 Å². The zero-order valence-corrected chi connectivity index (χ0v) is 14.6. The summed E-state index contributed by atoms with van der Waals surface area (Å²) in [7, 11) is 0. The second-order valence-electron chi connectivity index (χ2n) is 5.28. The fraction of sp³-hybridized carbons (Fsp3) is 0.278. The number of carbonyl (C=O) groups is 1. The van der Waals surface area contributed by atoms with Crippen LogP contribution in [0.3, 0.4) is 0 Å². The minimum Gasteiger partial charge on any atom is -0.491 e. The van der Waals surface area contributed by atoms with E-state index in [4.69, 9.17) is 4.74 Å². The molecule has 0 aliphatic heterocycles. The lowest BCUT2D eigenvalue weighted by molar-refractivity contribution is 0.102. The van der Waals surface area contributed by atoms with Crippen molar-refractivity contribution < 1.29 is 9.53 Å². The van der Waals surface area contributed by atoms with Crippen LogP contribution in [0, 0.1) is 6.92 Å². The average Bonchev–Trinajstić information content (AvgIpc) is 2.51. The second-order valence-corrected chi connectivity index (χ2v) is 6.13. The van der Waals surface area contributed by atoms with Gasteiger partial charge in [0.1, 0.15) is 5.75 Å². The molecule has 2 aromatic rings. The van der Waals surface area contributed by atoms with Crippen LogP contribution in [-0.4, -0.2) is 12.0 Å². The Hall–Kier alpha value is -1.81. The van der Waals surface area contributed by atoms with Gasteiger partial charge in [-0.2, -0.15) is 0 Å². The fourth-order valence-electron chi connectivity index (χ4n) is 1.87. The molecule has 116 valence electrons. The Bertz CT molecular complexity index is 653. The van der Waals surface area contributed by atoms with Crippen molar-refractivity contribution in [2.75, 3.05) is 5.32 Å². The molecule has 1 amide bonds. The molecule has 1 unspecified atom stereocenters. The number of hydrogen-bond acceptors (Lipinski definition) is 2. The monoisotopic (exact) mass is 361 g/mol. The lowest BCUT2D eigenvalue weighted by Gasteiger charge is -2.13. The number of hydrogen-bond donors (Lipinski definition) is 1. The molecular weight excluding hydrogens is 342 g/mol. The highest BCUT2D eigenvalue weighted by Gasteiger charge is 2.08. The van der Waals surface area contributed by atoms with E-state index in [0.29, 0.717) is 5.56 Å². The molecular formula is C18H20BrNO2. The summed E-state index contributed by atoms with van der Waals surface area (Å²) in [4.78, 5) is 12.2. The van der Waals surface area contributed by atoms with Crippen LogP contribution in [0.5, 0.6) is 5.75 Å². The van der Waals surface area contributed by atoms with Gasteiger partial charge in [0, 0.05) is 15.7 Å². The van der Waals surface area contributed by atoms with Crippen LogP contribution in [-0.2, 0) is 0 Å². The summed E-state index contributed by atoms with van der Waals surface area (Å²) in [5.74, 6) is 0.682. The third kappa shape index (κ3) is 4.34. The van der Waals surface area contributed by atoms with Gasteiger partial charge in [-0.15, -0.1) is 0 Å². The second kappa shape index (κ2) is 7.45. The van der Waals surface area contributed by atoms with Crippen LogP contribution in [0.15, 0.2) is 46.9 Å². The summed E-state index contributed by atoms with van der Waals surface area (Å²) < 4.78 is 6.65. The van der Waals surface area contributed by atoms with Gasteiger partial charge in [0.2, 0.25) is 0 Å². The minimum atomic E-state index is -0.128. The molecule has 4 heteroatoms. The Morgan fingerprint density at radius 3 is 2.50 bits per heavy atom.